The molecule has 0 saturated heterocycles. The van der Waals surface area contributed by atoms with E-state index in [1.54, 1.807) is 0 Å². The normalized spacial score (nSPS) is 10.1. The molecule has 76 valence electrons. The molecule has 0 unspecified atom stereocenters. The monoisotopic (exact) mass is 213 g/mol. The molecule has 0 aliphatic carbocycles. The second-order valence-corrected chi connectivity index (χ2v) is 3.39. The van der Waals surface area contributed by atoms with Gasteiger partial charge in [0.1, 0.15) is 0 Å². The number of aromatic nitrogens is 1. The fourth-order valence-corrected chi connectivity index (χ4v) is 1.52. The van der Waals surface area contributed by atoms with E-state index in [2.05, 4.69) is 4.98 Å². The Morgan fingerprint density at radius 2 is 2.50 bits per heavy atom. The van der Waals surface area contributed by atoms with Crippen molar-refractivity contribution < 1.29 is 14.6 Å². The smallest absolute Gasteiger partial charge is 0.335 e. The Kier molecular flexibility index (Phi) is 4.42. The van der Waals surface area contributed by atoms with Crippen LogP contribution in [0.5, 0.6) is 0 Å². The Hall–Kier alpha value is -1.07. The molecule has 0 fully saturated rings. The second-order valence-electron chi connectivity index (χ2n) is 2.44. The molecule has 0 radical (unpaired) electrons. The average Bonchev–Trinajstić information content (AvgIpc) is 2.19. The van der Waals surface area contributed by atoms with E-state index in [1.807, 2.05) is 6.92 Å². The highest BCUT2D eigenvalue weighted by Gasteiger charge is 2.03. The first-order valence-corrected chi connectivity index (χ1v) is 5.12. The van der Waals surface area contributed by atoms with Crippen molar-refractivity contribution in [2.24, 2.45) is 0 Å². The number of carbonyl (C=O) groups is 1. The third-order valence-corrected chi connectivity index (χ3v) is 2.28. The number of carboxylic acid groups (broad SMARTS) is 1. The van der Waals surface area contributed by atoms with Crippen LogP contribution in [0, 0.1) is 0 Å². The molecule has 0 aromatic carbocycles. The van der Waals surface area contributed by atoms with Crippen LogP contribution in [0.2, 0.25) is 0 Å². The summed E-state index contributed by atoms with van der Waals surface area (Å²) in [5.74, 6) is -0.447. The quantitative estimate of drug-likeness (QED) is 0.459. The van der Waals surface area contributed by atoms with Crippen molar-refractivity contribution in [3.8, 4) is 0 Å². The van der Waals surface area contributed by atoms with E-state index in [-0.39, 0.29) is 5.56 Å². The Morgan fingerprint density at radius 1 is 1.71 bits per heavy atom. The number of hydrogen-bond donors (Lipinski definition) is 1. The van der Waals surface area contributed by atoms with Gasteiger partial charge >= 0.3 is 5.97 Å². The molecule has 0 aliphatic rings. The maximum atomic E-state index is 10.6. The Bertz CT molecular complexity index is 317. The van der Waals surface area contributed by atoms with E-state index in [0.717, 1.165) is 0 Å². The summed E-state index contributed by atoms with van der Waals surface area (Å²) in [6.07, 6.45) is 1.48. The molecule has 1 rings (SSSR count). The molecule has 0 spiro atoms. The molecule has 0 bridgehead atoms. The SMILES string of the molecule is CCOCSc1cc(C(=O)O)ccn1. The zero-order valence-electron chi connectivity index (χ0n) is 7.77. The molecular weight excluding hydrogens is 202 g/mol. The van der Waals surface area contributed by atoms with Crippen molar-refractivity contribution in [2.45, 2.75) is 11.9 Å². The Morgan fingerprint density at radius 3 is 3.14 bits per heavy atom. The minimum absolute atomic E-state index is 0.249. The fraction of sp³-hybridized carbons (Fsp3) is 0.333. The van der Waals surface area contributed by atoms with E-state index in [1.165, 1.54) is 30.1 Å². The lowest BCUT2D eigenvalue weighted by molar-refractivity contribution is 0.0696. The van der Waals surface area contributed by atoms with Crippen molar-refractivity contribution in [2.75, 3.05) is 12.5 Å². The summed E-state index contributed by atoms with van der Waals surface area (Å²) in [5.41, 5.74) is 0.249. The van der Waals surface area contributed by atoms with E-state index in [4.69, 9.17) is 9.84 Å². The summed E-state index contributed by atoms with van der Waals surface area (Å²) < 4.78 is 5.11. The third-order valence-electron chi connectivity index (χ3n) is 1.48. The van der Waals surface area contributed by atoms with Crippen molar-refractivity contribution >= 4 is 17.7 Å². The van der Waals surface area contributed by atoms with Crippen molar-refractivity contribution in [3.05, 3.63) is 23.9 Å². The number of carboxylic acids is 1. The largest absolute Gasteiger partial charge is 0.478 e. The van der Waals surface area contributed by atoms with Crippen LogP contribution < -0.4 is 0 Å². The molecule has 4 nitrogen and oxygen atoms in total. The van der Waals surface area contributed by atoms with Gasteiger partial charge in [-0.05, 0) is 19.1 Å². The number of thioether (sulfide) groups is 1. The van der Waals surface area contributed by atoms with E-state index >= 15 is 0 Å². The van der Waals surface area contributed by atoms with E-state index in [9.17, 15) is 4.79 Å². The van der Waals surface area contributed by atoms with Gasteiger partial charge < -0.3 is 9.84 Å². The van der Waals surface area contributed by atoms with Crippen LogP contribution in [0.3, 0.4) is 0 Å². The first kappa shape index (κ1) is 11.0. The highest BCUT2D eigenvalue weighted by Crippen LogP contribution is 2.16. The molecule has 0 aliphatic heterocycles. The van der Waals surface area contributed by atoms with Gasteiger partial charge in [-0.25, -0.2) is 9.78 Å². The lowest BCUT2D eigenvalue weighted by atomic mass is 10.3. The van der Waals surface area contributed by atoms with Crippen LogP contribution in [0.15, 0.2) is 23.4 Å². The summed E-state index contributed by atoms with van der Waals surface area (Å²) in [6.45, 7) is 2.55. The topological polar surface area (TPSA) is 59.4 Å². The Balaban J connectivity index is 2.59. The van der Waals surface area contributed by atoms with Gasteiger partial charge in [-0.15, -0.1) is 0 Å². The number of hydrogen-bond acceptors (Lipinski definition) is 4. The number of pyridine rings is 1. The van der Waals surface area contributed by atoms with Gasteiger partial charge in [0.2, 0.25) is 0 Å². The maximum absolute atomic E-state index is 10.6. The number of ether oxygens (including phenoxy) is 1. The molecule has 0 saturated carbocycles. The summed E-state index contributed by atoms with van der Waals surface area (Å²) in [7, 11) is 0. The first-order chi connectivity index (χ1) is 6.74. The summed E-state index contributed by atoms with van der Waals surface area (Å²) in [4.78, 5) is 14.6. The molecule has 0 amide bonds. The molecule has 1 N–H and O–H groups in total. The van der Waals surface area contributed by atoms with Crippen LogP contribution in [-0.4, -0.2) is 28.6 Å². The zero-order chi connectivity index (χ0) is 10.4. The lowest BCUT2D eigenvalue weighted by Gasteiger charge is -2.01. The predicted molar refractivity (Wildman–Crippen MR) is 53.5 cm³/mol. The zero-order valence-corrected chi connectivity index (χ0v) is 8.58. The molecule has 5 heteroatoms. The van der Waals surface area contributed by atoms with Crippen LogP contribution >= 0.6 is 11.8 Å². The van der Waals surface area contributed by atoms with Crippen LogP contribution in [-0.2, 0) is 4.74 Å². The standard InChI is InChI=1S/C9H11NO3S/c1-2-13-6-14-8-5-7(9(11)12)3-4-10-8/h3-5H,2,6H2,1H3,(H,11,12). The molecule has 1 aromatic heterocycles. The molecular formula is C9H11NO3S. The maximum Gasteiger partial charge on any atom is 0.335 e. The van der Waals surface area contributed by atoms with Crippen LogP contribution in [0.1, 0.15) is 17.3 Å². The molecule has 1 heterocycles. The molecule has 14 heavy (non-hydrogen) atoms. The number of nitrogens with zero attached hydrogens (tertiary/aromatic N) is 1. The van der Waals surface area contributed by atoms with Crippen molar-refractivity contribution in [3.63, 3.8) is 0 Å². The lowest BCUT2D eigenvalue weighted by Crippen LogP contribution is -1.97. The van der Waals surface area contributed by atoms with Crippen molar-refractivity contribution in [1.82, 2.24) is 4.98 Å². The predicted octanol–water partition coefficient (Wildman–Crippen LogP) is 1.87. The van der Waals surface area contributed by atoms with E-state index < -0.39 is 5.97 Å². The first-order valence-electron chi connectivity index (χ1n) is 4.14. The van der Waals surface area contributed by atoms with Crippen LogP contribution in [0.25, 0.3) is 0 Å². The van der Waals surface area contributed by atoms with Gasteiger partial charge in [0, 0.05) is 12.8 Å². The summed E-state index contributed by atoms with van der Waals surface area (Å²) >= 11 is 1.38. The second kappa shape index (κ2) is 5.62. The average molecular weight is 213 g/mol. The summed E-state index contributed by atoms with van der Waals surface area (Å²) in [5, 5.41) is 9.38. The number of rotatable bonds is 5. The third kappa shape index (κ3) is 3.35. The molecule has 0 atom stereocenters. The van der Waals surface area contributed by atoms with Gasteiger partial charge in [-0.1, -0.05) is 11.8 Å². The highest BCUT2D eigenvalue weighted by molar-refractivity contribution is 7.99. The van der Waals surface area contributed by atoms with Gasteiger partial charge in [0.25, 0.3) is 0 Å². The van der Waals surface area contributed by atoms with Gasteiger partial charge in [0.05, 0.1) is 16.5 Å². The summed E-state index contributed by atoms with van der Waals surface area (Å²) in [6, 6.07) is 3.00. The minimum atomic E-state index is -0.939. The fourth-order valence-electron chi connectivity index (χ4n) is 0.807. The van der Waals surface area contributed by atoms with Gasteiger partial charge in [-0.2, -0.15) is 0 Å². The van der Waals surface area contributed by atoms with Gasteiger partial charge in [0.15, 0.2) is 0 Å². The van der Waals surface area contributed by atoms with Crippen LogP contribution in [0.4, 0.5) is 0 Å². The van der Waals surface area contributed by atoms with E-state index in [0.29, 0.717) is 17.6 Å². The minimum Gasteiger partial charge on any atom is -0.478 e. The Labute approximate surface area is 86.3 Å². The number of aromatic carboxylic acids is 1. The highest BCUT2D eigenvalue weighted by atomic mass is 32.2. The van der Waals surface area contributed by atoms with Crippen molar-refractivity contribution in [1.29, 1.82) is 0 Å². The van der Waals surface area contributed by atoms with Gasteiger partial charge in [-0.3, -0.25) is 0 Å². The molecule has 1 aromatic rings.